The molecule has 4 aliphatic rings. The molecule has 0 aromatic heterocycles. The van der Waals surface area contributed by atoms with Gasteiger partial charge in [0.2, 0.25) is 0 Å². The van der Waals surface area contributed by atoms with Crippen LogP contribution in [0.25, 0.3) is 0 Å². The van der Waals surface area contributed by atoms with Gasteiger partial charge in [-0.25, -0.2) is 0 Å². The predicted octanol–water partition coefficient (Wildman–Crippen LogP) is 3.51. The van der Waals surface area contributed by atoms with Crippen molar-refractivity contribution in [3.63, 3.8) is 0 Å². The number of rotatable bonds is 2. The molecule has 1 N–H and O–H groups in total. The van der Waals surface area contributed by atoms with Crippen LogP contribution in [0, 0.1) is 23.2 Å². The van der Waals surface area contributed by atoms with E-state index >= 15 is 0 Å². The molecule has 5 unspecified atom stereocenters. The Morgan fingerprint density at radius 3 is 2.54 bits per heavy atom. The molecule has 0 amide bonds. The number of fused-ring (bicyclic) bond motifs is 2. The zero-order chi connectivity index (χ0) is 16.0. The fraction of sp³-hybridized carbons (Fsp3) is 0.947. The number of aliphatic imine (C=N–C) groups is 1. The van der Waals surface area contributed by atoms with Crippen molar-refractivity contribution < 1.29 is 4.74 Å². The standard InChI is InChI=1S/C19H33N3O.HI/c1-4-20-18(22-11-13(2)10-14(3)12-22)21-16-15-6-9-23-17(15)19(16)7-5-8-19;/h13-17H,4-12H2,1-3H3,(H,20,21);1H. The van der Waals surface area contributed by atoms with E-state index in [0.717, 1.165) is 44.0 Å². The first-order valence-corrected chi connectivity index (χ1v) is 9.81. The molecule has 2 saturated heterocycles. The Kier molecular flexibility index (Phi) is 5.70. The summed E-state index contributed by atoms with van der Waals surface area (Å²) in [7, 11) is 0. The van der Waals surface area contributed by atoms with E-state index < -0.39 is 0 Å². The predicted molar refractivity (Wildman–Crippen MR) is 109 cm³/mol. The highest BCUT2D eigenvalue weighted by molar-refractivity contribution is 14.0. The summed E-state index contributed by atoms with van der Waals surface area (Å²) >= 11 is 0. The van der Waals surface area contributed by atoms with Crippen LogP contribution in [0.15, 0.2) is 4.99 Å². The fourth-order valence-corrected chi connectivity index (χ4v) is 5.82. The number of ether oxygens (including phenoxy) is 1. The van der Waals surface area contributed by atoms with Crippen molar-refractivity contribution in [2.45, 2.75) is 65.0 Å². The molecule has 5 atom stereocenters. The molecule has 0 bridgehead atoms. The molecular weight excluding hydrogens is 413 g/mol. The third kappa shape index (κ3) is 2.97. The normalized spacial score (nSPS) is 40.4. The van der Waals surface area contributed by atoms with Crippen molar-refractivity contribution in [1.82, 2.24) is 10.2 Å². The maximum Gasteiger partial charge on any atom is 0.194 e. The van der Waals surface area contributed by atoms with E-state index in [2.05, 4.69) is 31.0 Å². The second-order valence-electron chi connectivity index (χ2n) is 8.60. The molecule has 0 radical (unpaired) electrons. The molecule has 1 spiro atoms. The average molecular weight is 447 g/mol. The Morgan fingerprint density at radius 2 is 1.96 bits per heavy atom. The molecule has 0 aromatic carbocycles. The van der Waals surface area contributed by atoms with Crippen molar-refractivity contribution in [2.75, 3.05) is 26.2 Å². The first-order valence-electron chi connectivity index (χ1n) is 9.81. The van der Waals surface area contributed by atoms with E-state index in [1.54, 1.807) is 0 Å². The van der Waals surface area contributed by atoms with Crippen LogP contribution < -0.4 is 5.32 Å². The van der Waals surface area contributed by atoms with Crippen LogP contribution in [0.5, 0.6) is 0 Å². The second kappa shape index (κ2) is 7.29. The summed E-state index contributed by atoms with van der Waals surface area (Å²) in [4.78, 5) is 7.39. The van der Waals surface area contributed by atoms with Crippen molar-refractivity contribution >= 4 is 29.9 Å². The van der Waals surface area contributed by atoms with E-state index in [0.29, 0.717) is 17.6 Å². The quantitative estimate of drug-likeness (QED) is 0.400. The molecular formula is C19H34IN3O. The summed E-state index contributed by atoms with van der Waals surface area (Å²) < 4.78 is 6.07. The van der Waals surface area contributed by atoms with Gasteiger partial charge >= 0.3 is 0 Å². The lowest BCUT2D eigenvalue weighted by molar-refractivity contribution is -0.171. The number of hydrogen-bond donors (Lipinski definition) is 1. The van der Waals surface area contributed by atoms with Crippen LogP contribution in [0.4, 0.5) is 0 Å². The number of halogens is 1. The lowest BCUT2D eigenvalue weighted by atomic mass is 9.46. The zero-order valence-corrected chi connectivity index (χ0v) is 17.8. The van der Waals surface area contributed by atoms with Crippen molar-refractivity contribution in [3.8, 4) is 0 Å². The SMILES string of the molecule is CCN=C(NC1C2CCOC2C12CCC2)N1CC(C)CC(C)C1.I. The summed E-state index contributed by atoms with van der Waals surface area (Å²) in [6.07, 6.45) is 7.19. The van der Waals surface area contributed by atoms with E-state index in [9.17, 15) is 0 Å². The van der Waals surface area contributed by atoms with Crippen LogP contribution in [0.1, 0.15) is 52.9 Å². The molecule has 2 heterocycles. The van der Waals surface area contributed by atoms with Gasteiger partial charge in [-0.05, 0) is 44.4 Å². The first kappa shape index (κ1) is 18.7. The van der Waals surface area contributed by atoms with Crippen LogP contribution in [0.3, 0.4) is 0 Å². The van der Waals surface area contributed by atoms with Gasteiger partial charge < -0.3 is 15.0 Å². The summed E-state index contributed by atoms with van der Waals surface area (Å²) in [6.45, 7) is 11.0. The molecule has 138 valence electrons. The Balaban J connectivity index is 0.00000169. The minimum absolute atomic E-state index is 0. The number of hydrogen-bond acceptors (Lipinski definition) is 2. The fourth-order valence-electron chi connectivity index (χ4n) is 5.82. The van der Waals surface area contributed by atoms with Gasteiger partial charge in [-0.1, -0.05) is 20.3 Å². The van der Waals surface area contributed by atoms with Crippen molar-refractivity contribution in [2.24, 2.45) is 28.2 Å². The second-order valence-corrected chi connectivity index (χ2v) is 8.60. The van der Waals surface area contributed by atoms with Gasteiger partial charge in [0.05, 0.1) is 6.10 Å². The summed E-state index contributed by atoms with van der Waals surface area (Å²) in [6, 6.07) is 0.599. The highest BCUT2D eigenvalue weighted by atomic mass is 127. The number of nitrogens with one attached hydrogen (secondary N) is 1. The first-order chi connectivity index (χ1) is 11.1. The maximum atomic E-state index is 6.07. The Bertz CT molecular complexity index is 469. The zero-order valence-electron chi connectivity index (χ0n) is 15.5. The molecule has 5 heteroatoms. The number of nitrogens with zero attached hydrogens (tertiary/aromatic N) is 2. The molecule has 4 nitrogen and oxygen atoms in total. The topological polar surface area (TPSA) is 36.9 Å². The third-order valence-electron chi connectivity index (χ3n) is 6.80. The molecule has 2 aliphatic carbocycles. The van der Waals surface area contributed by atoms with Gasteiger partial charge in [0, 0.05) is 43.6 Å². The number of likely N-dealkylation sites (tertiary alicyclic amines) is 1. The Hall–Kier alpha value is -0.0400. The summed E-state index contributed by atoms with van der Waals surface area (Å²) in [5.74, 6) is 3.43. The molecule has 4 fully saturated rings. The highest BCUT2D eigenvalue weighted by Gasteiger charge is 2.66. The number of piperidine rings is 1. The molecule has 0 aromatic rings. The van der Waals surface area contributed by atoms with Gasteiger partial charge in [0.15, 0.2) is 5.96 Å². The minimum Gasteiger partial charge on any atom is -0.377 e. The highest BCUT2D eigenvalue weighted by Crippen LogP contribution is 2.62. The molecule has 2 saturated carbocycles. The van der Waals surface area contributed by atoms with Gasteiger partial charge in [-0.2, -0.15) is 0 Å². The average Bonchev–Trinajstić information content (AvgIpc) is 2.85. The monoisotopic (exact) mass is 447 g/mol. The minimum atomic E-state index is 0. The van der Waals surface area contributed by atoms with E-state index in [4.69, 9.17) is 9.73 Å². The molecule has 4 rings (SSSR count). The van der Waals surface area contributed by atoms with Crippen molar-refractivity contribution in [1.29, 1.82) is 0 Å². The van der Waals surface area contributed by atoms with Crippen molar-refractivity contribution in [3.05, 3.63) is 0 Å². The number of guanidine groups is 1. The lowest BCUT2D eigenvalue weighted by Crippen LogP contribution is -2.73. The largest absolute Gasteiger partial charge is 0.377 e. The maximum absolute atomic E-state index is 6.07. The molecule has 24 heavy (non-hydrogen) atoms. The van der Waals surface area contributed by atoms with Gasteiger partial charge in [-0.15, -0.1) is 24.0 Å². The molecule has 2 aliphatic heterocycles. The van der Waals surface area contributed by atoms with Crippen LogP contribution in [0.2, 0.25) is 0 Å². The van der Waals surface area contributed by atoms with E-state index in [-0.39, 0.29) is 24.0 Å². The van der Waals surface area contributed by atoms with Gasteiger partial charge in [0.25, 0.3) is 0 Å². The summed E-state index contributed by atoms with van der Waals surface area (Å²) in [5, 5.41) is 3.93. The van der Waals surface area contributed by atoms with E-state index in [1.165, 1.54) is 38.1 Å². The van der Waals surface area contributed by atoms with E-state index in [1.807, 2.05) is 0 Å². The van der Waals surface area contributed by atoms with Crippen LogP contribution in [-0.4, -0.2) is 49.2 Å². The Morgan fingerprint density at radius 1 is 1.25 bits per heavy atom. The van der Waals surface area contributed by atoms with Gasteiger partial charge in [-0.3, -0.25) is 4.99 Å². The smallest absolute Gasteiger partial charge is 0.194 e. The van der Waals surface area contributed by atoms with Crippen LogP contribution in [-0.2, 0) is 4.74 Å². The van der Waals surface area contributed by atoms with Gasteiger partial charge in [0.1, 0.15) is 0 Å². The van der Waals surface area contributed by atoms with Crippen LogP contribution >= 0.6 is 24.0 Å². The third-order valence-corrected chi connectivity index (χ3v) is 6.80. The lowest BCUT2D eigenvalue weighted by Gasteiger charge is -2.63. The summed E-state index contributed by atoms with van der Waals surface area (Å²) in [5.41, 5.74) is 0.433. The Labute approximate surface area is 164 Å².